The van der Waals surface area contributed by atoms with Crippen molar-refractivity contribution in [2.75, 3.05) is 24.6 Å². The molecule has 5 aromatic heterocycles. The van der Waals surface area contributed by atoms with E-state index < -0.39 is 0 Å². The quantitative estimate of drug-likeness (QED) is 0.182. The van der Waals surface area contributed by atoms with Crippen LogP contribution in [0.15, 0.2) is 41.1 Å². The number of amidine groups is 1. The molecule has 1 unspecified atom stereocenters. The Hall–Kier alpha value is -4.24. The normalized spacial score (nSPS) is 18.8. The number of piperidine rings is 1. The van der Waals surface area contributed by atoms with E-state index in [4.69, 9.17) is 42.1 Å². The van der Waals surface area contributed by atoms with Gasteiger partial charge in [-0.2, -0.15) is 10.2 Å². The topological polar surface area (TPSA) is 158 Å². The van der Waals surface area contributed by atoms with Crippen LogP contribution in [-0.4, -0.2) is 70.1 Å². The Bertz CT molecular complexity index is 2140. The number of nitrogens with two attached hydrogens (primary N) is 1. The highest BCUT2D eigenvalue weighted by molar-refractivity contribution is 7.16. The van der Waals surface area contributed by atoms with Crippen LogP contribution >= 0.6 is 22.9 Å². The summed E-state index contributed by atoms with van der Waals surface area (Å²) in [6.07, 6.45) is 6.60. The molecular formula is C31H32ClN11O2S. The predicted octanol–water partition coefficient (Wildman–Crippen LogP) is 5.13. The molecule has 7 heterocycles. The number of pyridine rings is 1. The smallest absolute Gasteiger partial charge is 0.182 e. The molecule has 3 N–H and O–H groups in total. The number of anilines is 1. The molecule has 6 aromatic rings. The van der Waals surface area contributed by atoms with Crippen molar-refractivity contribution < 1.29 is 9.84 Å². The number of halogens is 1. The van der Waals surface area contributed by atoms with Crippen LogP contribution in [0.3, 0.4) is 0 Å². The zero-order chi connectivity index (χ0) is 31.6. The van der Waals surface area contributed by atoms with Crippen LogP contribution in [0.1, 0.15) is 44.5 Å². The van der Waals surface area contributed by atoms with E-state index in [0.717, 1.165) is 52.5 Å². The number of thiazole rings is 1. The van der Waals surface area contributed by atoms with Gasteiger partial charge in [0.2, 0.25) is 0 Å². The highest BCUT2D eigenvalue weighted by Gasteiger charge is 2.36. The highest BCUT2D eigenvalue weighted by Crippen LogP contribution is 2.40. The molecule has 0 amide bonds. The number of rotatable bonds is 6. The molecular weight excluding hydrogens is 626 g/mol. The van der Waals surface area contributed by atoms with Crippen molar-refractivity contribution in [3.8, 4) is 11.3 Å². The first-order chi connectivity index (χ1) is 22.3. The van der Waals surface area contributed by atoms with Crippen LogP contribution in [0.2, 0.25) is 5.02 Å². The third-order valence-electron chi connectivity index (χ3n) is 9.11. The molecule has 236 valence electrons. The van der Waals surface area contributed by atoms with Gasteiger partial charge in [-0.15, -0.1) is 11.3 Å². The van der Waals surface area contributed by atoms with E-state index in [-0.39, 0.29) is 18.2 Å². The lowest BCUT2D eigenvalue weighted by Crippen LogP contribution is -2.46. The van der Waals surface area contributed by atoms with Gasteiger partial charge in [0, 0.05) is 49.3 Å². The number of hydrogen-bond donors (Lipinski definition) is 2. The standard InChI is InChI=1S/C31H32ClN11O2S/c1-31(30(33)36-17-12-21-29(34-13-17)46-16-35-21)7-9-42(10-8-31)27-22(15-44)37-26-25(40-43(28(26)38-27)23-4-3-11-45-23)18-5-6-20-19(24(18)32)14-41(2)39-20/h5-6,12-14,16,23,44H,3-4,7-11,15H2,1-2H3,(H2,33,36). The Kier molecular flexibility index (Phi) is 7.12. The van der Waals surface area contributed by atoms with Gasteiger partial charge in [-0.1, -0.05) is 18.5 Å². The SMILES string of the molecule is Cn1cc2c(Cl)c(-c3nn(C4CCCO4)c4nc(N5CCC(C)(C(N)=Nc6cnc7scnc7c6)CC5)c(CO)nc34)ccc2n1. The fourth-order valence-corrected chi connectivity index (χ4v) is 7.29. The lowest BCUT2D eigenvalue weighted by molar-refractivity contribution is 0.0500. The summed E-state index contributed by atoms with van der Waals surface area (Å²) < 4.78 is 9.61. The van der Waals surface area contributed by atoms with E-state index in [1.165, 1.54) is 11.3 Å². The van der Waals surface area contributed by atoms with Gasteiger partial charge in [0.05, 0.1) is 34.5 Å². The summed E-state index contributed by atoms with van der Waals surface area (Å²) in [7, 11) is 1.86. The molecule has 2 saturated heterocycles. The first-order valence-electron chi connectivity index (χ1n) is 15.2. The van der Waals surface area contributed by atoms with Crippen molar-refractivity contribution in [1.82, 2.24) is 39.5 Å². The number of hydrogen-bond acceptors (Lipinski definition) is 11. The number of ether oxygens (including phenoxy) is 1. The maximum atomic E-state index is 10.5. The maximum absolute atomic E-state index is 10.5. The molecule has 1 atom stereocenters. The fourth-order valence-electron chi connectivity index (χ4n) is 6.38. The van der Waals surface area contributed by atoms with E-state index in [1.807, 2.05) is 36.1 Å². The van der Waals surface area contributed by atoms with Gasteiger partial charge in [-0.25, -0.2) is 29.6 Å². The second kappa shape index (κ2) is 11.2. The predicted molar refractivity (Wildman–Crippen MR) is 178 cm³/mol. The number of aryl methyl sites for hydroxylation is 1. The second-order valence-corrected chi connectivity index (χ2v) is 13.4. The third-order valence-corrected chi connectivity index (χ3v) is 10.3. The average molecular weight is 658 g/mol. The van der Waals surface area contributed by atoms with Crippen LogP contribution < -0.4 is 10.6 Å². The van der Waals surface area contributed by atoms with Crippen molar-refractivity contribution in [2.45, 2.75) is 45.4 Å². The van der Waals surface area contributed by atoms with Crippen molar-refractivity contribution in [3.63, 3.8) is 0 Å². The average Bonchev–Trinajstić information content (AvgIpc) is 3.87. The fraction of sp³-hybridized carbons (Fsp3) is 0.387. The molecule has 15 heteroatoms. The molecule has 2 aliphatic heterocycles. The molecule has 2 fully saturated rings. The Labute approximate surface area is 272 Å². The van der Waals surface area contributed by atoms with E-state index in [1.54, 1.807) is 16.4 Å². The minimum Gasteiger partial charge on any atom is -0.390 e. The molecule has 46 heavy (non-hydrogen) atoms. The van der Waals surface area contributed by atoms with Crippen LogP contribution in [0, 0.1) is 5.41 Å². The van der Waals surface area contributed by atoms with Gasteiger partial charge in [0.25, 0.3) is 0 Å². The molecule has 0 bridgehead atoms. The van der Waals surface area contributed by atoms with Gasteiger partial charge in [-0.05, 0) is 43.9 Å². The van der Waals surface area contributed by atoms with Gasteiger partial charge in [0.1, 0.15) is 33.1 Å². The van der Waals surface area contributed by atoms with E-state index in [2.05, 4.69) is 26.9 Å². The number of nitrogens with zero attached hydrogens (tertiary/aromatic N) is 10. The number of benzene rings is 1. The minimum absolute atomic E-state index is 0.266. The monoisotopic (exact) mass is 657 g/mol. The summed E-state index contributed by atoms with van der Waals surface area (Å²) >= 11 is 8.44. The Balaban J connectivity index is 1.14. The number of aromatic nitrogens is 8. The Morgan fingerprint density at radius 3 is 2.83 bits per heavy atom. The summed E-state index contributed by atoms with van der Waals surface area (Å²) in [5, 5.41) is 21.4. The highest BCUT2D eigenvalue weighted by atomic mass is 35.5. The second-order valence-electron chi connectivity index (χ2n) is 12.2. The molecule has 0 radical (unpaired) electrons. The number of aliphatic hydroxyl groups is 1. The van der Waals surface area contributed by atoms with Crippen molar-refractivity contribution in [3.05, 3.63) is 46.8 Å². The molecule has 0 spiro atoms. The summed E-state index contributed by atoms with van der Waals surface area (Å²) in [6.45, 7) is 3.84. The van der Waals surface area contributed by atoms with Crippen LogP contribution in [0.25, 0.3) is 43.7 Å². The lowest BCUT2D eigenvalue weighted by atomic mass is 9.79. The Morgan fingerprint density at radius 1 is 1.20 bits per heavy atom. The van der Waals surface area contributed by atoms with Gasteiger partial charge in [-0.3, -0.25) is 4.68 Å². The van der Waals surface area contributed by atoms with Gasteiger partial charge >= 0.3 is 0 Å². The number of fused-ring (bicyclic) bond motifs is 3. The molecule has 2 aliphatic rings. The lowest BCUT2D eigenvalue weighted by Gasteiger charge is -2.39. The van der Waals surface area contributed by atoms with E-state index >= 15 is 0 Å². The zero-order valence-corrected chi connectivity index (χ0v) is 27.0. The zero-order valence-electron chi connectivity index (χ0n) is 25.4. The summed E-state index contributed by atoms with van der Waals surface area (Å²) in [5.74, 6) is 1.20. The first-order valence-corrected chi connectivity index (χ1v) is 16.5. The summed E-state index contributed by atoms with van der Waals surface area (Å²) in [6, 6.07) is 5.75. The first kappa shape index (κ1) is 29.2. The van der Waals surface area contributed by atoms with Crippen LogP contribution in [-0.2, 0) is 18.4 Å². The number of aliphatic imine (C=N–C) groups is 1. The van der Waals surface area contributed by atoms with Crippen LogP contribution in [0.5, 0.6) is 0 Å². The van der Waals surface area contributed by atoms with Crippen molar-refractivity contribution in [2.24, 2.45) is 23.2 Å². The molecule has 0 aliphatic carbocycles. The van der Waals surface area contributed by atoms with E-state index in [0.29, 0.717) is 64.6 Å². The van der Waals surface area contributed by atoms with Crippen LogP contribution in [0.4, 0.5) is 11.5 Å². The largest absolute Gasteiger partial charge is 0.390 e. The van der Waals surface area contributed by atoms with Gasteiger partial charge in [0.15, 0.2) is 17.7 Å². The third kappa shape index (κ3) is 4.87. The minimum atomic E-state index is -0.321. The number of aliphatic hydroxyl groups excluding tert-OH is 1. The van der Waals surface area contributed by atoms with Gasteiger partial charge < -0.3 is 20.5 Å². The van der Waals surface area contributed by atoms with Crippen molar-refractivity contribution in [1.29, 1.82) is 0 Å². The Morgan fingerprint density at radius 2 is 2.04 bits per heavy atom. The molecule has 8 rings (SSSR count). The molecule has 0 saturated carbocycles. The summed E-state index contributed by atoms with van der Waals surface area (Å²) in [4.78, 5) is 26.7. The van der Waals surface area contributed by atoms with Crippen molar-refractivity contribution >= 4 is 72.7 Å². The maximum Gasteiger partial charge on any atom is 0.182 e. The van der Waals surface area contributed by atoms with E-state index in [9.17, 15) is 5.11 Å². The summed E-state index contributed by atoms with van der Waals surface area (Å²) in [5.41, 5.74) is 13.3. The molecule has 1 aromatic carbocycles. The molecule has 13 nitrogen and oxygen atoms in total.